The summed E-state index contributed by atoms with van der Waals surface area (Å²) in [6.07, 6.45) is 12.9. The Morgan fingerprint density at radius 2 is 1.47 bits per heavy atom. The van der Waals surface area contributed by atoms with Crippen LogP contribution in [0.5, 0.6) is 0 Å². The van der Waals surface area contributed by atoms with Crippen molar-refractivity contribution in [2.45, 2.75) is 91.1 Å². The Morgan fingerprint density at radius 1 is 1.00 bits per heavy atom. The standard InChI is InChI=1S/C17H32O2/c1-5-6-7-8-9-10-11-12-13-14-16(4)19-17(18)15(2)3/h16H,2,5-14H2,1,3-4H3. The fraction of sp³-hybridized carbons (Fsp3) is 0.824. The van der Waals surface area contributed by atoms with Gasteiger partial charge in [-0.3, -0.25) is 0 Å². The summed E-state index contributed by atoms with van der Waals surface area (Å²) < 4.78 is 5.25. The SMILES string of the molecule is C=C(C)C(=O)OC(C)CCCCCCCCCCC. The van der Waals surface area contributed by atoms with Gasteiger partial charge in [-0.05, 0) is 26.7 Å². The molecule has 0 radical (unpaired) electrons. The molecule has 0 aliphatic carbocycles. The number of rotatable bonds is 12. The summed E-state index contributed by atoms with van der Waals surface area (Å²) in [5, 5.41) is 0. The second kappa shape index (κ2) is 12.3. The molecule has 112 valence electrons. The van der Waals surface area contributed by atoms with Crippen molar-refractivity contribution in [3.63, 3.8) is 0 Å². The lowest BCUT2D eigenvalue weighted by Gasteiger charge is -2.12. The summed E-state index contributed by atoms with van der Waals surface area (Å²) in [6.45, 7) is 9.49. The average molecular weight is 268 g/mol. The first-order chi connectivity index (χ1) is 9.07. The van der Waals surface area contributed by atoms with E-state index in [1.54, 1.807) is 6.92 Å². The lowest BCUT2D eigenvalue weighted by atomic mass is 10.1. The van der Waals surface area contributed by atoms with Crippen molar-refractivity contribution in [3.8, 4) is 0 Å². The van der Waals surface area contributed by atoms with Gasteiger partial charge in [-0.1, -0.05) is 64.9 Å². The van der Waals surface area contributed by atoms with Gasteiger partial charge in [-0.15, -0.1) is 0 Å². The summed E-state index contributed by atoms with van der Waals surface area (Å²) in [7, 11) is 0. The van der Waals surface area contributed by atoms with E-state index in [1.165, 1.54) is 51.4 Å². The summed E-state index contributed by atoms with van der Waals surface area (Å²) >= 11 is 0. The maximum absolute atomic E-state index is 11.3. The molecule has 0 saturated carbocycles. The van der Waals surface area contributed by atoms with Gasteiger partial charge in [0.2, 0.25) is 0 Å². The van der Waals surface area contributed by atoms with Crippen molar-refractivity contribution in [2.24, 2.45) is 0 Å². The third-order valence-corrected chi connectivity index (χ3v) is 3.37. The van der Waals surface area contributed by atoms with E-state index < -0.39 is 0 Å². The molecule has 0 spiro atoms. The first-order valence-electron chi connectivity index (χ1n) is 7.94. The molecule has 2 heteroatoms. The number of ether oxygens (including phenoxy) is 1. The zero-order valence-electron chi connectivity index (χ0n) is 13.2. The molecule has 1 unspecified atom stereocenters. The van der Waals surface area contributed by atoms with E-state index >= 15 is 0 Å². The number of esters is 1. The summed E-state index contributed by atoms with van der Waals surface area (Å²) in [6, 6.07) is 0. The molecule has 0 N–H and O–H groups in total. The second-order valence-corrected chi connectivity index (χ2v) is 5.61. The molecule has 0 rings (SSSR count). The Kier molecular flexibility index (Phi) is 11.7. The van der Waals surface area contributed by atoms with Crippen molar-refractivity contribution < 1.29 is 9.53 Å². The molecule has 0 saturated heterocycles. The maximum atomic E-state index is 11.3. The van der Waals surface area contributed by atoms with E-state index in [2.05, 4.69) is 13.5 Å². The lowest BCUT2D eigenvalue weighted by molar-refractivity contribution is -0.143. The van der Waals surface area contributed by atoms with Gasteiger partial charge in [0.15, 0.2) is 0 Å². The highest BCUT2D eigenvalue weighted by molar-refractivity contribution is 5.87. The maximum Gasteiger partial charge on any atom is 0.333 e. The Hall–Kier alpha value is -0.790. The van der Waals surface area contributed by atoms with Crippen molar-refractivity contribution in [3.05, 3.63) is 12.2 Å². The van der Waals surface area contributed by atoms with E-state index in [0.29, 0.717) is 5.57 Å². The molecule has 19 heavy (non-hydrogen) atoms. The van der Waals surface area contributed by atoms with Crippen molar-refractivity contribution in [2.75, 3.05) is 0 Å². The zero-order chi connectivity index (χ0) is 14.5. The molecule has 1 atom stereocenters. The van der Waals surface area contributed by atoms with Crippen LogP contribution in [0, 0.1) is 0 Å². The minimum absolute atomic E-state index is 0.0220. The molecule has 2 nitrogen and oxygen atoms in total. The van der Waals surface area contributed by atoms with Crippen LogP contribution in [-0.4, -0.2) is 12.1 Å². The number of hydrogen-bond donors (Lipinski definition) is 0. The largest absolute Gasteiger partial charge is 0.459 e. The second-order valence-electron chi connectivity index (χ2n) is 5.61. The Balaban J connectivity index is 3.29. The van der Waals surface area contributed by atoms with E-state index in [4.69, 9.17) is 4.74 Å². The summed E-state index contributed by atoms with van der Waals surface area (Å²) in [5.41, 5.74) is 0.485. The van der Waals surface area contributed by atoms with Crippen molar-refractivity contribution in [1.29, 1.82) is 0 Å². The van der Waals surface area contributed by atoms with Crippen LogP contribution in [0.1, 0.15) is 85.0 Å². The number of carbonyl (C=O) groups excluding carboxylic acids is 1. The minimum Gasteiger partial charge on any atom is -0.459 e. The van der Waals surface area contributed by atoms with Crippen LogP contribution in [-0.2, 0) is 9.53 Å². The molecule has 0 fully saturated rings. The fourth-order valence-electron chi connectivity index (χ4n) is 2.08. The van der Waals surface area contributed by atoms with Crippen LogP contribution in [0.25, 0.3) is 0 Å². The van der Waals surface area contributed by atoms with Crippen LogP contribution in [0.3, 0.4) is 0 Å². The number of carbonyl (C=O) groups is 1. The fourth-order valence-corrected chi connectivity index (χ4v) is 2.08. The van der Waals surface area contributed by atoms with Gasteiger partial charge in [0, 0.05) is 5.57 Å². The highest BCUT2D eigenvalue weighted by atomic mass is 16.5. The number of unbranched alkanes of at least 4 members (excludes halogenated alkanes) is 8. The van der Waals surface area contributed by atoms with Crippen LogP contribution < -0.4 is 0 Å². The van der Waals surface area contributed by atoms with E-state index in [0.717, 1.165) is 12.8 Å². The molecule has 0 aliphatic heterocycles. The van der Waals surface area contributed by atoms with Gasteiger partial charge in [-0.2, -0.15) is 0 Å². The third-order valence-electron chi connectivity index (χ3n) is 3.37. The molecule has 0 bridgehead atoms. The van der Waals surface area contributed by atoms with E-state index in [-0.39, 0.29) is 12.1 Å². The molecular weight excluding hydrogens is 236 g/mol. The smallest absolute Gasteiger partial charge is 0.333 e. The van der Waals surface area contributed by atoms with E-state index in [1.807, 2.05) is 6.92 Å². The quantitative estimate of drug-likeness (QED) is 0.268. The Labute approximate surface area is 119 Å². The number of hydrogen-bond acceptors (Lipinski definition) is 2. The summed E-state index contributed by atoms with van der Waals surface area (Å²) in [5.74, 6) is -0.261. The monoisotopic (exact) mass is 268 g/mol. The molecule has 0 aromatic carbocycles. The Bertz CT molecular complexity index is 246. The average Bonchev–Trinajstić information content (AvgIpc) is 2.36. The van der Waals surface area contributed by atoms with Crippen LogP contribution in [0.15, 0.2) is 12.2 Å². The predicted molar refractivity (Wildman–Crippen MR) is 82.2 cm³/mol. The third kappa shape index (κ3) is 12.0. The van der Waals surface area contributed by atoms with Crippen LogP contribution in [0.2, 0.25) is 0 Å². The van der Waals surface area contributed by atoms with Crippen molar-refractivity contribution >= 4 is 5.97 Å². The van der Waals surface area contributed by atoms with Gasteiger partial charge < -0.3 is 4.74 Å². The normalized spacial score (nSPS) is 12.2. The molecule has 0 aromatic rings. The molecule has 0 aliphatic rings. The van der Waals surface area contributed by atoms with Gasteiger partial charge in [0.05, 0.1) is 6.10 Å². The first-order valence-corrected chi connectivity index (χ1v) is 7.94. The zero-order valence-corrected chi connectivity index (χ0v) is 13.2. The van der Waals surface area contributed by atoms with E-state index in [9.17, 15) is 4.79 Å². The Morgan fingerprint density at radius 3 is 1.95 bits per heavy atom. The minimum atomic E-state index is -0.261. The van der Waals surface area contributed by atoms with Crippen LogP contribution >= 0.6 is 0 Å². The molecular formula is C17H32O2. The highest BCUT2D eigenvalue weighted by Gasteiger charge is 2.09. The van der Waals surface area contributed by atoms with Gasteiger partial charge in [0.25, 0.3) is 0 Å². The topological polar surface area (TPSA) is 26.3 Å². The lowest BCUT2D eigenvalue weighted by Crippen LogP contribution is -2.15. The first kappa shape index (κ1) is 18.2. The molecule has 0 amide bonds. The van der Waals surface area contributed by atoms with Gasteiger partial charge in [-0.25, -0.2) is 4.79 Å². The van der Waals surface area contributed by atoms with Crippen molar-refractivity contribution in [1.82, 2.24) is 0 Å². The molecule has 0 aromatic heterocycles. The molecule has 0 heterocycles. The predicted octanol–water partition coefficient (Wildman–Crippen LogP) is 5.42. The highest BCUT2D eigenvalue weighted by Crippen LogP contribution is 2.12. The summed E-state index contributed by atoms with van der Waals surface area (Å²) in [4.78, 5) is 11.3. The van der Waals surface area contributed by atoms with Crippen LogP contribution in [0.4, 0.5) is 0 Å². The van der Waals surface area contributed by atoms with Gasteiger partial charge in [0.1, 0.15) is 0 Å². The van der Waals surface area contributed by atoms with Gasteiger partial charge >= 0.3 is 5.97 Å².